The highest BCUT2D eigenvalue weighted by Crippen LogP contribution is 2.51. The third-order valence-corrected chi connectivity index (χ3v) is 6.60. The van der Waals surface area contributed by atoms with Crippen LogP contribution in [0.25, 0.3) is 10.6 Å². The number of hydrogen-bond acceptors (Lipinski definition) is 4. The van der Waals surface area contributed by atoms with Crippen molar-refractivity contribution in [3.63, 3.8) is 0 Å². The standard InChI is InChI=1S/C21H19FN2O2S/c1-13-4-5-14-11-15(22)6-7-16(14)24(13)20(25)21(8-9-21)19-12-17(26-23-19)18-3-2-10-27-18/h2-3,6-7,10-13H,4-5,8-9H2,1H3/t13-/m0/s1. The largest absolute Gasteiger partial charge is 0.355 e. The fourth-order valence-electron chi connectivity index (χ4n) is 4.00. The number of fused-ring (bicyclic) bond motifs is 1. The topological polar surface area (TPSA) is 46.3 Å². The van der Waals surface area contributed by atoms with Crippen molar-refractivity contribution in [1.29, 1.82) is 0 Å². The van der Waals surface area contributed by atoms with E-state index in [4.69, 9.17) is 4.52 Å². The van der Waals surface area contributed by atoms with Crippen LogP contribution >= 0.6 is 11.3 Å². The van der Waals surface area contributed by atoms with E-state index in [1.54, 1.807) is 23.5 Å². The van der Waals surface area contributed by atoms with Crippen molar-refractivity contribution in [2.45, 2.75) is 44.1 Å². The maximum absolute atomic E-state index is 13.6. The Labute approximate surface area is 160 Å². The van der Waals surface area contributed by atoms with Crippen LogP contribution in [0.3, 0.4) is 0 Å². The Kier molecular flexibility index (Phi) is 3.72. The molecule has 4 nitrogen and oxygen atoms in total. The third kappa shape index (κ3) is 2.62. The molecule has 1 fully saturated rings. The summed E-state index contributed by atoms with van der Waals surface area (Å²) in [6.07, 6.45) is 3.15. The zero-order valence-corrected chi connectivity index (χ0v) is 15.8. The van der Waals surface area contributed by atoms with Crippen LogP contribution in [0.4, 0.5) is 10.1 Å². The van der Waals surface area contributed by atoms with Gasteiger partial charge in [0.25, 0.3) is 0 Å². The molecule has 138 valence electrons. The van der Waals surface area contributed by atoms with Crippen molar-refractivity contribution in [1.82, 2.24) is 5.16 Å². The minimum atomic E-state index is -0.615. The van der Waals surface area contributed by atoms with Crippen LogP contribution in [0.5, 0.6) is 0 Å². The molecule has 3 heterocycles. The number of hydrogen-bond donors (Lipinski definition) is 0. The lowest BCUT2D eigenvalue weighted by Gasteiger charge is -2.37. The quantitative estimate of drug-likeness (QED) is 0.644. The molecule has 1 aromatic carbocycles. The predicted molar refractivity (Wildman–Crippen MR) is 102 cm³/mol. The van der Waals surface area contributed by atoms with Crippen LogP contribution in [0, 0.1) is 5.82 Å². The van der Waals surface area contributed by atoms with Gasteiger partial charge in [-0.15, -0.1) is 11.3 Å². The minimum Gasteiger partial charge on any atom is -0.355 e. The maximum atomic E-state index is 13.6. The van der Waals surface area contributed by atoms with Crippen LogP contribution in [0.15, 0.2) is 46.3 Å². The van der Waals surface area contributed by atoms with Crippen LogP contribution < -0.4 is 4.90 Å². The van der Waals surface area contributed by atoms with Crippen LogP contribution in [0.2, 0.25) is 0 Å². The Morgan fingerprint density at radius 3 is 2.93 bits per heavy atom. The van der Waals surface area contributed by atoms with Crippen molar-refractivity contribution >= 4 is 22.9 Å². The molecule has 0 saturated heterocycles. The van der Waals surface area contributed by atoms with E-state index in [-0.39, 0.29) is 17.8 Å². The van der Waals surface area contributed by atoms with Crippen molar-refractivity contribution in [3.05, 3.63) is 58.9 Å². The average Bonchev–Trinajstić information content (AvgIpc) is 3.08. The number of carbonyl (C=O) groups excluding carboxylic acids is 1. The van der Waals surface area contributed by atoms with Gasteiger partial charge in [0.2, 0.25) is 5.91 Å². The molecule has 0 radical (unpaired) electrons. The second-order valence-corrected chi connectivity index (χ2v) is 8.42. The number of aromatic nitrogens is 1. The fraction of sp³-hybridized carbons (Fsp3) is 0.333. The Balaban J connectivity index is 1.51. The lowest BCUT2D eigenvalue weighted by Crippen LogP contribution is -2.47. The summed E-state index contributed by atoms with van der Waals surface area (Å²) in [7, 11) is 0. The molecular formula is C21H19FN2O2S. The van der Waals surface area contributed by atoms with E-state index < -0.39 is 5.41 Å². The van der Waals surface area contributed by atoms with Crippen LogP contribution in [-0.4, -0.2) is 17.1 Å². The van der Waals surface area contributed by atoms with Crippen molar-refractivity contribution < 1.29 is 13.7 Å². The Morgan fingerprint density at radius 1 is 1.33 bits per heavy atom. The van der Waals surface area contributed by atoms with E-state index in [0.29, 0.717) is 11.5 Å². The molecule has 3 aromatic rings. The number of aryl methyl sites for hydroxylation is 1. The lowest BCUT2D eigenvalue weighted by molar-refractivity contribution is -0.121. The monoisotopic (exact) mass is 382 g/mol. The van der Waals surface area contributed by atoms with Gasteiger partial charge in [-0.05, 0) is 67.8 Å². The maximum Gasteiger partial charge on any atom is 0.239 e. The van der Waals surface area contributed by atoms with E-state index in [2.05, 4.69) is 12.1 Å². The summed E-state index contributed by atoms with van der Waals surface area (Å²) in [6, 6.07) is 10.6. The Morgan fingerprint density at radius 2 is 2.19 bits per heavy atom. The zero-order chi connectivity index (χ0) is 18.6. The van der Waals surface area contributed by atoms with Gasteiger partial charge in [0.1, 0.15) is 5.82 Å². The summed E-state index contributed by atoms with van der Waals surface area (Å²) >= 11 is 1.58. The SMILES string of the molecule is C[C@H]1CCc2cc(F)ccc2N1C(=O)C1(c2cc(-c3cccs3)on2)CC1. The number of halogens is 1. The van der Waals surface area contributed by atoms with Gasteiger partial charge in [0, 0.05) is 17.8 Å². The van der Waals surface area contributed by atoms with E-state index >= 15 is 0 Å². The van der Waals surface area contributed by atoms with Gasteiger partial charge in [0.15, 0.2) is 5.76 Å². The van der Waals surface area contributed by atoms with Gasteiger partial charge in [-0.1, -0.05) is 11.2 Å². The smallest absolute Gasteiger partial charge is 0.239 e. The molecule has 1 aliphatic heterocycles. The van der Waals surface area contributed by atoms with Gasteiger partial charge < -0.3 is 9.42 Å². The molecule has 0 N–H and O–H groups in total. The average molecular weight is 382 g/mol. The lowest BCUT2D eigenvalue weighted by atomic mass is 9.92. The summed E-state index contributed by atoms with van der Waals surface area (Å²) < 4.78 is 19.2. The number of benzene rings is 1. The summed E-state index contributed by atoms with van der Waals surface area (Å²) in [5.74, 6) is 0.496. The summed E-state index contributed by atoms with van der Waals surface area (Å²) in [4.78, 5) is 16.4. The van der Waals surface area contributed by atoms with Gasteiger partial charge in [-0.3, -0.25) is 4.79 Å². The Hall–Kier alpha value is -2.47. The number of thiophene rings is 1. The molecule has 2 aliphatic rings. The normalized spacial score (nSPS) is 20.4. The second-order valence-electron chi connectivity index (χ2n) is 7.47. The highest BCUT2D eigenvalue weighted by Gasteiger charge is 2.56. The van der Waals surface area contributed by atoms with Gasteiger partial charge >= 0.3 is 0 Å². The molecule has 6 heteroatoms. The summed E-state index contributed by atoms with van der Waals surface area (Å²) in [5.41, 5.74) is 1.82. The molecule has 1 aliphatic carbocycles. The minimum absolute atomic E-state index is 0.0496. The highest BCUT2D eigenvalue weighted by molar-refractivity contribution is 7.13. The molecule has 1 atom stereocenters. The van der Waals surface area contributed by atoms with Gasteiger partial charge in [-0.2, -0.15) is 0 Å². The first-order valence-corrected chi connectivity index (χ1v) is 10.1. The van der Waals surface area contributed by atoms with Crippen LogP contribution in [0.1, 0.15) is 37.4 Å². The number of carbonyl (C=O) groups is 1. The van der Waals surface area contributed by atoms with E-state index in [1.807, 2.05) is 28.5 Å². The van der Waals surface area contributed by atoms with Gasteiger partial charge in [0.05, 0.1) is 16.0 Å². The first-order chi connectivity index (χ1) is 13.1. The predicted octanol–water partition coefficient (Wildman–Crippen LogP) is 4.94. The Bertz CT molecular complexity index is 1010. The summed E-state index contributed by atoms with van der Waals surface area (Å²) in [5, 5.41) is 6.23. The third-order valence-electron chi connectivity index (χ3n) is 5.72. The zero-order valence-electron chi connectivity index (χ0n) is 14.9. The van der Waals surface area contributed by atoms with Crippen molar-refractivity contribution in [3.8, 4) is 10.6 Å². The molecule has 5 rings (SSSR count). The first-order valence-electron chi connectivity index (χ1n) is 9.22. The molecule has 0 bridgehead atoms. The number of amides is 1. The number of rotatable bonds is 3. The number of anilines is 1. The van der Waals surface area contributed by atoms with E-state index in [9.17, 15) is 9.18 Å². The van der Waals surface area contributed by atoms with E-state index in [0.717, 1.165) is 41.8 Å². The van der Waals surface area contributed by atoms with E-state index in [1.165, 1.54) is 6.07 Å². The number of nitrogens with zero attached hydrogens (tertiary/aromatic N) is 2. The molecule has 0 spiro atoms. The first kappa shape index (κ1) is 16.7. The molecule has 2 aromatic heterocycles. The van der Waals surface area contributed by atoms with Crippen molar-refractivity contribution in [2.24, 2.45) is 0 Å². The van der Waals surface area contributed by atoms with Crippen LogP contribution in [-0.2, 0) is 16.6 Å². The molecule has 0 unspecified atom stereocenters. The summed E-state index contributed by atoms with van der Waals surface area (Å²) in [6.45, 7) is 2.06. The molecule has 1 amide bonds. The van der Waals surface area contributed by atoms with Crippen molar-refractivity contribution in [2.75, 3.05) is 4.90 Å². The molecule has 27 heavy (non-hydrogen) atoms. The fourth-order valence-corrected chi connectivity index (χ4v) is 4.67. The molecular weight excluding hydrogens is 363 g/mol. The second kappa shape index (κ2) is 6.02. The molecule has 1 saturated carbocycles. The highest BCUT2D eigenvalue weighted by atomic mass is 32.1. The van der Waals surface area contributed by atoms with Gasteiger partial charge in [-0.25, -0.2) is 4.39 Å².